The number of nitrogens with zero attached hydrogens (tertiary/aromatic N) is 3. The van der Waals surface area contributed by atoms with Gasteiger partial charge in [-0.05, 0) is 45.1 Å². The molecule has 0 saturated heterocycles. The number of aromatic nitrogens is 2. The number of benzene rings is 1. The molecular formula is C17H21ClFN5. The second-order valence-electron chi connectivity index (χ2n) is 6.26. The predicted molar refractivity (Wildman–Crippen MR) is 95.7 cm³/mol. The van der Waals surface area contributed by atoms with Gasteiger partial charge in [0.1, 0.15) is 11.6 Å². The quantitative estimate of drug-likeness (QED) is 0.794. The first-order valence-corrected chi connectivity index (χ1v) is 8.39. The molecule has 0 spiro atoms. The minimum absolute atomic E-state index is 0.0841. The van der Waals surface area contributed by atoms with Gasteiger partial charge in [-0.2, -0.15) is 4.98 Å². The molecule has 0 amide bonds. The smallest absolute Gasteiger partial charge is 0.224 e. The van der Waals surface area contributed by atoms with Crippen LogP contribution in [0.15, 0.2) is 24.3 Å². The Bertz CT molecular complexity index is 718. The number of hydrogen-bond donors (Lipinski definition) is 2. The highest BCUT2D eigenvalue weighted by atomic mass is 35.5. The Labute approximate surface area is 146 Å². The third kappa shape index (κ3) is 4.55. The molecule has 7 heteroatoms. The van der Waals surface area contributed by atoms with Crippen molar-refractivity contribution in [2.45, 2.75) is 18.8 Å². The lowest BCUT2D eigenvalue weighted by Gasteiger charge is -2.13. The second-order valence-corrected chi connectivity index (χ2v) is 6.67. The molecule has 3 rings (SSSR count). The standard InChI is InChI=1S/C17H21ClFN5/c1-24(2)8-7-20-17-22-15(11-3-4-11)10-16(23-17)21-12-5-6-14(19)13(18)9-12/h5-6,9-11H,3-4,7-8H2,1-2H3,(H2,20,21,22,23). The molecule has 1 saturated carbocycles. The molecule has 0 radical (unpaired) electrons. The zero-order valence-corrected chi connectivity index (χ0v) is 14.6. The van der Waals surface area contributed by atoms with Crippen molar-refractivity contribution in [2.75, 3.05) is 37.8 Å². The number of rotatable bonds is 7. The summed E-state index contributed by atoms with van der Waals surface area (Å²) in [4.78, 5) is 11.2. The largest absolute Gasteiger partial charge is 0.353 e. The van der Waals surface area contributed by atoms with E-state index in [1.807, 2.05) is 20.2 Å². The Balaban J connectivity index is 1.77. The van der Waals surface area contributed by atoms with Gasteiger partial charge in [0.05, 0.1) is 10.7 Å². The molecule has 1 aliphatic rings. The Hall–Kier alpha value is -1.92. The summed E-state index contributed by atoms with van der Waals surface area (Å²) in [5.74, 6) is 1.37. The van der Waals surface area contributed by atoms with Crippen LogP contribution in [0.1, 0.15) is 24.5 Å². The fourth-order valence-electron chi connectivity index (χ4n) is 2.31. The van der Waals surface area contributed by atoms with Crippen LogP contribution in [-0.4, -0.2) is 42.1 Å². The van der Waals surface area contributed by atoms with Crippen LogP contribution in [0.25, 0.3) is 0 Å². The van der Waals surface area contributed by atoms with Gasteiger partial charge in [0, 0.05) is 30.8 Å². The molecule has 0 aliphatic heterocycles. The maximum Gasteiger partial charge on any atom is 0.224 e. The van der Waals surface area contributed by atoms with Gasteiger partial charge in [-0.3, -0.25) is 0 Å². The van der Waals surface area contributed by atoms with Crippen LogP contribution in [0.2, 0.25) is 5.02 Å². The van der Waals surface area contributed by atoms with Crippen LogP contribution in [0.3, 0.4) is 0 Å². The normalized spacial score (nSPS) is 14.0. The van der Waals surface area contributed by atoms with E-state index < -0.39 is 5.82 Å². The van der Waals surface area contributed by atoms with Crippen LogP contribution >= 0.6 is 11.6 Å². The first-order chi connectivity index (χ1) is 11.5. The Morgan fingerprint density at radius 3 is 2.71 bits per heavy atom. The predicted octanol–water partition coefficient (Wildman–Crippen LogP) is 3.86. The minimum Gasteiger partial charge on any atom is -0.353 e. The monoisotopic (exact) mass is 349 g/mol. The van der Waals surface area contributed by atoms with Gasteiger partial charge < -0.3 is 15.5 Å². The molecule has 0 atom stereocenters. The molecule has 1 heterocycles. The highest BCUT2D eigenvalue weighted by molar-refractivity contribution is 6.31. The summed E-state index contributed by atoms with van der Waals surface area (Å²) in [7, 11) is 4.04. The zero-order chi connectivity index (χ0) is 17.1. The van der Waals surface area contributed by atoms with Crippen molar-refractivity contribution in [2.24, 2.45) is 0 Å². The van der Waals surface area contributed by atoms with E-state index in [1.165, 1.54) is 6.07 Å². The van der Waals surface area contributed by atoms with Gasteiger partial charge in [-0.15, -0.1) is 0 Å². The van der Waals surface area contributed by atoms with Crippen LogP contribution < -0.4 is 10.6 Å². The van der Waals surface area contributed by atoms with Crippen LogP contribution in [0.5, 0.6) is 0 Å². The third-order valence-corrected chi connectivity index (χ3v) is 4.07. The summed E-state index contributed by atoms with van der Waals surface area (Å²) in [6, 6.07) is 6.48. The van der Waals surface area contributed by atoms with Crippen LogP contribution in [0.4, 0.5) is 21.8 Å². The van der Waals surface area contributed by atoms with Crippen LogP contribution in [0, 0.1) is 5.82 Å². The molecular weight excluding hydrogens is 329 g/mol. The van der Waals surface area contributed by atoms with E-state index >= 15 is 0 Å². The highest BCUT2D eigenvalue weighted by Crippen LogP contribution is 2.40. The second kappa shape index (κ2) is 7.32. The fourth-order valence-corrected chi connectivity index (χ4v) is 2.49. The van der Waals surface area contributed by atoms with Crippen molar-refractivity contribution >= 4 is 29.1 Å². The van der Waals surface area contributed by atoms with E-state index in [1.54, 1.807) is 12.1 Å². The Morgan fingerprint density at radius 1 is 1.25 bits per heavy atom. The van der Waals surface area contributed by atoms with Crippen molar-refractivity contribution in [3.8, 4) is 0 Å². The van der Waals surface area contributed by atoms with Gasteiger partial charge in [0.15, 0.2) is 0 Å². The molecule has 1 aromatic heterocycles. The average Bonchev–Trinajstić information content (AvgIpc) is 3.35. The molecule has 0 unspecified atom stereocenters. The SMILES string of the molecule is CN(C)CCNc1nc(Nc2ccc(F)c(Cl)c2)cc(C2CC2)n1. The average molecular weight is 350 g/mol. The van der Waals surface area contributed by atoms with E-state index in [0.29, 0.717) is 23.4 Å². The molecule has 24 heavy (non-hydrogen) atoms. The molecule has 1 fully saturated rings. The van der Waals surface area contributed by atoms with Crippen molar-refractivity contribution < 1.29 is 4.39 Å². The number of hydrogen-bond acceptors (Lipinski definition) is 5. The Morgan fingerprint density at radius 2 is 2.04 bits per heavy atom. The van der Waals surface area contributed by atoms with E-state index in [0.717, 1.165) is 31.6 Å². The van der Waals surface area contributed by atoms with Gasteiger partial charge >= 0.3 is 0 Å². The van der Waals surface area contributed by atoms with Crippen molar-refractivity contribution in [1.29, 1.82) is 0 Å². The summed E-state index contributed by atoms with van der Waals surface area (Å²) >= 11 is 5.84. The lowest BCUT2D eigenvalue weighted by atomic mass is 10.2. The summed E-state index contributed by atoms with van der Waals surface area (Å²) < 4.78 is 13.3. The summed E-state index contributed by atoms with van der Waals surface area (Å²) in [6.07, 6.45) is 2.33. The lowest BCUT2D eigenvalue weighted by molar-refractivity contribution is 0.425. The maximum atomic E-state index is 13.3. The molecule has 1 aromatic carbocycles. The van der Waals surface area contributed by atoms with E-state index in [-0.39, 0.29) is 5.02 Å². The van der Waals surface area contributed by atoms with Gasteiger partial charge in [-0.25, -0.2) is 9.37 Å². The number of halogens is 2. The van der Waals surface area contributed by atoms with E-state index in [4.69, 9.17) is 11.6 Å². The van der Waals surface area contributed by atoms with Crippen molar-refractivity contribution in [3.05, 3.63) is 40.8 Å². The Kier molecular flexibility index (Phi) is 5.16. The molecule has 0 bridgehead atoms. The van der Waals surface area contributed by atoms with Gasteiger partial charge in [0.25, 0.3) is 0 Å². The van der Waals surface area contributed by atoms with Crippen molar-refractivity contribution in [1.82, 2.24) is 14.9 Å². The molecule has 1 aliphatic carbocycles. The van der Waals surface area contributed by atoms with E-state index in [9.17, 15) is 4.39 Å². The minimum atomic E-state index is -0.436. The highest BCUT2D eigenvalue weighted by Gasteiger charge is 2.26. The molecule has 2 N–H and O–H groups in total. The maximum absolute atomic E-state index is 13.3. The van der Waals surface area contributed by atoms with Crippen molar-refractivity contribution in [3.63, 3.8) is 0 Å². The number of likely N-dealkylation sites (N-methyl/N-ethyl adjacent to an activating group) is 1. The number of anilines is 3. The first-order valence-electron chi connectivity index (χ1n) is 8.01. The number of nitrogens with one attached hydrogen (secondary N) is 2. The topological polar surface area (TPSA) is 53.1 Å². The molecule has 2 aromatic rings. The first kappa shape index (κ1) is 16.9. The third-order valence-electron chi connectivity index (χ3n) is 3.78. The van der Waals surface area contributed by atoms with E-state index in [2.05, 4.69) is 25.5 Å². The zero-order valence-electron chi connectivity index (χ0n) is 13.8. The van der Waals surface area contributed by atoms with Crippen LogP contribution in [-0.2, 0) is 0 Å². The summed E-state index contributed by atoms with van der Waals surface area (Å²) in [5.41, 5.74) is 1.73. The lowest BCUT2D eigenvalue weighted by Crippen LogP contribution is -2.21. The summed E-state index contributed by atoms with van der Waals surface area (Å²) in [5, 5.41) is 6.52. The fraction of sp³-hybridized carbons (Fsp3) is 0.412. The van der Waals surface area contributed by atoms with Gasteiger partial charge in [0.2, 0.25) is 5.95 Å². The molecule has 128 valence electrons. The summed E-state index contributed by atoms with van der Waals surface area (Å²) in [6.45, 7) is 1.66. The van der Waals surface area contributed by atoms with Gasteiger partial charge in [-0.1, -0.05) is 11.6 Å². The molecule has 5 nitrogen and oxygen atoms in total.